The average Bonchev–Trinajstić information content (AvgIpc) is 2.13. The minimum absolute atomic E-state index is 0.00347. The van der Waals surface area contributed by atoms with E-state index in [1.165, 1.54) is 18.5 Å². The number of likely N-dealkylation sites (N-methyl/N-ethyl adjacent to an activating group) is 1. The highest BCUT2D eigenvalue weighted by atomic mass is 16.6. The smallest absolute Gasteiger partial charge is 0.244 e. The van der Waals surface area contributed by atoms with Gasteiger partial charge in [-0.05, 0) is 0 Å². The molecule has 5 heteroatoms. The Morgan fingerprint density at radius 1 is 1.90 bits per heavy atom. The van der Waals surface area contributed by atoms with E-state index in [1.807, 2.05) is 0 Å². The van der Waals surface area contributed by atoms with E-state index >= 15 is 0 Å². The predicted molar refractivity (Wildman–Crippen MR) is 32.5 cm³/mol. The van der Waals surface area contributed by atoms with Gasteiger partial charge in [0, 0.05) is 12.0 Å². The van der Waals surface area contributed by atoms with Crippen LogP contribution in [0.25, 0.3) is 0 Å². The van der Waals surface area contributed by atoms with Gasteiger partial charge < -0.3 is 4.90 Å². The van der Waals surface area contributed by atoms with Gasteiger partial charge in [0.05, 0.1) is 6.42 Å². The number of hydrogen-bond acceptors (Lipinski definition) is 3. The van der Waals surface area contributed by atoms with Gasteiger partial charge in [0.15, 0.2) is 0 Å². The maximum absolute atomic E-state index is 10.7. The molecule has 1 radical (unpaired) electrons. The van der Waals surface area contributed by atoms with E-state index in [-0.39, 0.29) is 12.3 Å². The van der Waals surface area contributed by atoms with Crippen molar-refractivity contribution in [3.8, 4) is 0 Å². The van der Waals surface area contributed by atoms with Crippen molar-refractivity contribution in [1.82, 2.24) is 4.90 Å². The standard InChI is InChI=1S/C5H7N2O3/c1-6-3-4(7(9)10)2-5(6)8/h3-4H,2H2,1H3. The summed E-state index contributed by atoms with van der Waals surface area (Å²) in [6.45, 7) is 1.32. The Morgan fingerprint density at radius 3 is 2.70 bits per heavy atom. The van der Waals surface area contributed by atoms with Crippen molar-refractivity contribution < 1.29 is 9.72 Å². The fourth-order valence-corrected chi connectivity index (χ4v) is 0.846. The summed E-state index contributed by atoms with van der Waals surface area (Å²) in [4.78, 5) is 21.6. The van der Waals surface area contributed by atoms with Gasteiger partial charge >= 0.3 is 0 Å². The second kappa shape index (κ2) is 2.24. The third-order valence-corrected chi connectivity index (χ3v) is 1.44. The van der Waals surface area contributed by atoms with E-state index in [2.05, 4.69) is 0 Å². The maximum Gasteiger partial charge on any atom is 0.244 e. The quantitative estimate of drug-likeness (QED) is 0.372. The van der Waals surface area contributed by atoms with E-state index < -0.39 is 11.0 Å². The molecule has 0 aromatic carbocycles. The summed E-state index contributed by atoms with van der Waals surface area (Å²) in [6.07, 6.45) is 0.00347. The molecule has 1 heterocycles. The zero-order valence-corrected chi connectivity index (χ0v) is 5.48. The highest BCUT2D eigenvalue weighted by molar-refractivity contribution is 5.79. The highest BCUT2D eigenvalue weighted by Crippen LogP contribution is 2.14. The predicted octanol–water partition coefficient (Wildman–Crippen LogP) is -0.344. The SMILES string of the molecule is CN1[CH]C([N+](=O)[O-])CC1=O. The number of likely N-dealkylation sites (tertiary alicyclic amines) is 1. The lowest BCUT2D eigenvalue weighted by atomic mass is 10.3. The van der Waals surface area contributed by atoms with Gasteiger partial charge in [0.1, 0.15) is 6.54 Å². The third kappa shape index (κ3) is 1.07. The van der Waals surface area contributed by atoms with E-state index in [1.54, 1.807) is 0 Å². The molecule has 1 saturated heterocycles. The summed E-state index contributed by atoms with van der Waals surface area (Å²) < 4.78 is 0. The van der Waals surface area contributed by atoms with Crippen LogP contribution in [-0.2, 0) is 4.79 Å². The molecule has 0 aromatic rings. The van der Waals surface area contributed by atoms with Gasteiger partial charge in [-0.1, -0.05) is 0 Å². The van der Waals surface area contributed by atoms with Gasteiger partial charge in [-0.25, -0.2) is 0 Å². The average molecular weight is 143 g/mol. The first-order chi connectivity index (χ1) is 4.61. The molecular formula is C5H7N2O3. The van der Waals surface area contributed by atoms with Crippen molar-refractivity contribution in [3.05, 3.63) is 16.7 Å². The molecule has 55 valence electrons. The first-order valence-electron chi connectivity index (χ1n) is 2.85. The van der Waals surface area contributed by atoms with Crippen LogP contribution in [0, 0.1) is 16.7 Å². The highest BCUT2D eigenvalue weighted by Gasteiger charge is 2.35. The number of nitro groups is 1. The third-order valence-electron chi connectivity index (χ3n) is 1.44. The first kappa shape index (κ1) is 6.98. The van der Waals surface area contributed by atoms with Gasteiger partial charge in [-0.15, -0.1) is 0 Å². The molecule has 1 aliphatic heterocycles. The Balaban J connectivity index is 2.57. The molecule has 0 aliphatic carbocycles. The first-order valence-corrected chi connectivity index (χ1v) is 2.85. The molecule has 10 heavy (non-hydrogen) atoms. The Bertz CT molecular complexity index is 180. The van der Waals surface area contributed by atoms with Crippen LogP contribution < -0.4 is 0 Å². The molecule has 0 spiro atoms. The summed E-state index contributed by atoms with van der Waals surface area (Å²) in [6, 6.07) is -0.808. The van der Waals surface area contributed by atoms with Crippen molar-refractivity contribution in [2.24, 2.45) is 0 Å². The van der Waals surface area contributed by atoms with Gasteiger partial charge in [0.2, 0.25) is 11.9 Å². The summed E-state index contributed by atoms with van der Waals surface area (Å²) in [5.41, 5.74) is 0. The Morgan fingerprint density at radius 2 is 2.50 bits per heavy atom. The van der Waals surface area contributed by atoms with E-state index in [4.69, 9.17) is 0 Å². The lowest BCUT2D eigenvalue weighted by Crippen LogP contribution is -2.18. The molecule has 1 amide bonds. The minimum Gasteiger partial charge on any atom is -0.333 e. The van der Waals surface area contributed by atoms with Crippen molar-refractivity contribution in [2.45, 2.75) is 12.5 Å². The second-order valence-electron chi connectivity index (χ2n) is 2.21. The van der Waals surface area contributed by atoms with Gasteiger partial charge in [0.25, 0.3) is 0 Å². The minimum atomic E-state index is -0.808. The largest absolute Gasteiger partial charge is 0.333 e. The zero-order valence-electron chi connectivity index (χ0n) is 5.48. The number of nitrogens with zero attached hydrogens (tertiary/aromatic N) is 2. The molecule has 0 bridgehead atoms. The molecule has 1 unspecified atom stereocenters. The summed E-state index contributed by atoms with van der Waals surface area (Å²) in [7, 11) is 1.52. The zero-order chi connectivity index (χ0) is 7.72. The van der Waals surface area contributed by atoms with Crippen molar-refractivity contribution >= 4 is 5.91 Å². The van der Waals surface area contributed by atoms with Crippen LogP contribution in [0.3, 0.4) is 0 Å². The van der Waals surface area contributed by atoms with E-state index in [9.17, 15) is 14.9 Å². The molecule has 1 fully saturated rings. The van der Waals surface area contributed by atoms with Gasteiger partial charge in [-0.3, -0.25) is 14.9 Å². The van der Waals surface area contributed by atoms with Crippen LogP contribution >= 0.6 is 0 Å². The normalized spacial score (nSPS) is 25.5. The van der Waals surface area contributed by atoms with Crippen LogP contribution in [0.2, 0.25) is 0 Å². The molecule has 5 nitrogen and oxygen atoms in total. The number of rotatable bonds is 1. The maximum atomic E-state index is 10.7. The van der Waals surface area contributed by atoms with Crippen molar-refractivity contribution in [1.29, 1.82) is 0 Å². The van der Waals surface area contributed by atoms with Crippen molar-refractivity contribution in [2.75, 3.05) is 7.05 Å². The van der Waals surface area contributed by atoms with Crippen LogP contribution in [0.4, 0.5) is 0 Å². The van der Waals surface area contributed by atoms with E-state index in [0.29, 0.717) is 0 Å². The molecule has 1 atom stereocenters. The number of carbonyl (C=O) groups is 1. The number of carbonyl (C=O) groups excluding carboxylic acids is 1. The second-order valence-corrected chi connectivity index (χ2v) is 2.21. The Hall–Kier alpha value is -1.13. The number of hydrogen-bond donors (Lipinski definition) is 0. The lowest BCUT2D eigenvalue weighted by molar-refractivity contribution is -0.511. The van der Waals surface area contributed by atoms with Crippen LogP contribution in [0.5, 0.6) is 0 Å². The fourth-order valence-electron chi connectivity index (χ4n) is 0.846. The van der Waals surface area contributed by atoms with E-state index in [0.717, 1.165) is 0 Å². The van der Waals surface area contributed by atoms with Crippen LogP contribution in [-0.4, -0.2) is 28.8 Å². The lowest BCUT2D eigenvalue weighted by Gasteiger charge is -2.02. The topological polar surface area (TPSA) is 63.4 Å². The monoisotopic (exact) mass is 143 g/mol. The summed E-state index contributed by atoms with van der Waals surface area (Å²) in [5, 5.41) is 10.1. The molecular weight excluding hydrogens is 136 g/mol. The van der Waals surface area contributed by atoms with Gasteiger partial charge in [-0.2, -0.15) is 0 Å². The summed E-state index contributed by atoms with van der Waals surface area (Å²) >= 11 is 0. The molecule has 0 saturated carbocycles. The Kier molecular flexibility index (Phi) is 1.57. The van der Waals surface area contributed by atoms with Crippen LogP contribution in [0.1, 0.15) is 6.42 Å². The molecule has 1 rings (SSSR count). The fraction of sp³-hybridized carbons (Fsp3) is 0.600. The number of amides is 1. The van der Waals surface area contributed by atoms with Crippen LogP contribution in [0.15, 0.2) is 0 Å². The molecule has 0 aromatic heterocycles. The summed E-state index contributed by atoms with van der Waals surface area (Å²) in [5.74, 6) is -0.193. The Labute approximate surface area is 57.8 Å². The molecule has 0 N–H and O–H groups in total. The molecule has 1 aliphatic rings. The van der Waals surface area contributed by atoms with Crippen molar-refractivity contribution in [3.63, 3.8) is 0 Å².